The van der Waals surface area contributed by atoms with E-state index in [1.807, 2.05) is 44.2 Å². The summed E-state index contributed by atoms with van der Waals surface area (Å²) in [6.07, 6.45) is 0. The molecule has 0 saturated carbocycles. The molecule has 3 aromatic carbocycles. The molecule has 0 fully saturated rings. The Kier molecular flexibility index (Phi) is 5.72. The number of anilines is 2. The number of H-pyrrole nitrogens is 1. The van der Waals surface area contributed by atoms with Crippen molar-refractivity contribution < 1.29 is 9.18 Å². The van der Waals surface area contributed by atoms with Crippen molar-refractivity contribution >= 4 is 40.2 Å². The molecule has 5 nitrogen and oxygen atoms in total. The zero-order chi connectivity index (χ0) is 21.1. The van der Waals surface area contributed by atoms with E-state index >= 15 is 0 Å². The van der Waals surface area contributed by atoms with Gasteiger partial charge >= 0.3 is 6.03 Å². The van der Waals surface area contributed by atoms with Crippen molar-refractivity contribution in [1.29, 1.82) is 0 Å². The Morgan fingerprint density at radius 2 is 1.67 bits per heavy atom. The minimum atomic E-state index is -0.305. The minimum absolute atomic E-state index is 0.242. The van der Waals surface area contributed by atoms with Crippen LogP contribution in [0.5, 0.6) is 0 Å². The predicted octanol–water partition coefficient (Wildman–Crippen LogP) is 6.26. The number of hydrogen-bond acceptors (Lipinski definition) is 3. The van der Waals surface area contributed by atoms with Crippen LogP contribution in [0.3, 0.4) is 0 Å². The summed E-state index contributed by atoms with van der Waals surface area (Å²) in [7, 11) is 0. The number of benzene rings is 3. The van der Waals surface area contributed by atoms with Crippen LogP contribution in [0.15, 0.2) is 65.8 Å². The van der Waals surface area contributed by atoms with Gasteiger partial charge in [0.15, 0.2) is 5.16 Å². The van der Waals surface area contributed by atoms with Gasteiger partial charge in [-0.1, -0.05) is 30.0 Å². The summed E-state index contributed by atoms with van der Waals surface area (Å²) in [4.78, 5) is 20.2. The maximum atomic E-state index is 13.0. The van der Waals surface area contributed by atoms with Gasteiger partial charge in [0.25, 0.3) is 0 Å². The number of urea groups is 1. The number of carbonyl (C=O) groups excluding carboxylic acids is 1. The quantitative estimate of drug-likeness (QED) is 0.334. The summed E-state index contributed by atoms with van der Waals surface area (Å²) in [5.41, 5.74) is 6.27. The lowest BCUT2D eigenvalue weighted by Gasteiger charge is -2.09. The number of hydrogen-bond donors (Lipinski definition) is 3. The average Bonchev–Trinajstić information content (AvgIpc) is 3.09. The van der Waals surface area contributed by atoms with Gasteiger partial charge in [0, 0.05) is 17.1 Å². The number of fused-ring (bicyclic) bond motifs is 1. The SMILES string of the molecule is Cc1cc(C)cc(NC(=O)Nc2ccc3[nH]c(SCc4ccc(F)cc4)nc3c2)c1. The average molecular weight is 421 g/mol. The van der Waals surface area contributed by atoms with Crippen LogP contribution >= 0.6 is 11.8 Å². The van der Waals surface area contributed by atoms with Crippen LogP contribution in [-0.2, 0) is 5.75 Å². The summed E-state index contributed by atoms with van der Waals surface area (Å²) >= 11 is 1.54. The van der Waals surface area contributed by atoms with Crippen molar-refractivity contribution in [2.24, 2.45) is 0 Å². The van der Waals surface area contributed by atoms with Crippen LogP contribution in [0.2, 0.25) is 0 Å². The Balaban J connectivity index is 1.41. The van der Waals surface area contributed by atoms with Crippen molar-refractivity contribution in [2.45, 2.75) is 24.8 Å². The first-order valence-corrected chi connectivity index (χ1v) is 10.5. The standard InChI is InChI=1S/C23H21FN4OS/c1-14-9-15(2)11-19(10-14)26-22(29)25-18-7-8-20-21(12-18)28-23(27-20)30-13-16-3-5-17(24)6-4-16/h3-12H,13H2,1-2H3,(H,27,28)(H2,25,26,29). The lowest BCUT2D eigenvalue weighted by atomic mass is 10.1. The van der Waals surface area contributed by atoms with Gasteiger partial charge in [0.2, 0.25) is 0 Å². The number of imidazole rings is 1. The Morgan fingerprint density at radius 1 is 0.967 bits per heavy atom. The third-order valence-electron chi connectivity index (χ3n) is 4.49. The molecule has 152 valence electrons. The zero-order valence-electron chi connectivity index (χ0n) is 16.6. The zero-order valence-corrected chi connectivity index (χ0v) is 17.4. The molecule has 0 spiro atoms. The lowest BCUT2D eigenvalue weighted by Crippen LogP contribution is -2.19. The molecule has 0 unspecified atom stereocenters. The summed E-state index contributed by atoms with van der Waals surface area (Å²) < 4.78 is 13.0. The van der Waals surface area contributed by atoms with E-state index in [9.17, 15) is 9.18 Å². The maximum Gasteiger partial charge on any atom is 0.323 e. The number of halogens is 1. The second-order valence-electron chi connectivity index (χ2n) is 7.14. The summed E-state index contributed by atoms with van der Waals surface area (Å²) in [6.45, 7) is 3.99. The Labute approximate surface area is 178 Å². The maximum absolute atomic E-state index is 13.0. The van der Waals surface area contributed by atoms with E-state index in [1.165, 1.54) is 12.1 Å². The number of rotatable bonds is 5. The number of nitrogens with one attached hydrogen (secondary N) is 3. The number of carbonyl (C=O) groups is 1. The minimum Gasteiger partial charge on any atom is -0.333 e. The largest absolute Gasteiger partial charge is 0.333 e. The first-order valence-electron chi connectivity index (χ1n) is 9.48. The van der Waals surface area contributed by atoms with Crippen molar-refractivity contribution in [2.75, 3.05) is 10.6 Å². The number of aromatic nitrogens is 2. The van der Waals surface area contributed by atoms with Gasteiger partial charge in [-0.2, -0.15) is 0 Å². The Bertz CT molecular complexity index is 1180. The fraction of sp³-hybridized carbons (Fsp3) is 0.130. The summed E-state index contributed by atoms with van der Waals surface area (Å²) in [6, 6.07) is 17.6. The molecule has 3 N–H and O–H groups in total. The van der Waals surface area contributed by atoms with Crippen molar-refractivity contribution in [3.05, 3.63) is 83.2 Å². The van der Waals surface area contributed by atoms with Crippen LogP contribution in [0, 0.1) is 19.7 Å². The third kappa shape index (κ3) is 4.99. The number of amides is 2. The molecular weight excluding hydrogens is 399 g/mol. The molecule has 0 saturated heterocycles. The highest BCUT2D eigenvalue weighted by molar-refractivity contribution is 7.98. The summed E-state index contributed by atoms with van der Waals surface area (Å²) in [5, 5.41) is 6.48. The Morgan fingerprint density at radius 3 is 2.40 bits per heavy atom. The smallest absolute Gasteiger partial charge is 0.323 e. The van der Waals surface area contributed by atoms with Gasteiger partial charge in [-0.3, -0.25) is 0 Å². The van der Waals surface area contributed by atoms with Gasteiger partial charge in [-0.05, 0) is 73.0 Å². The van der Waals surface area contributed by atoms with Crippen LogP contribution in [0.4, 0.5) is 20.6 Å². The number of aryl methyl sites for hydroxylation is 2. The molecule has 1 aromatic heterocycles. The van der Waals surface area contributed by atoms with Gasteiger partial charge in [-0.25, -0.2) is 14.2 Å². The van der Waals surface area contributed by atoms with Crippen LogP contribution in [0.1, 0.15) is 16.7 Å². The van der Waals surface area contributed by atoms with E-state index in [2.05, 4.69) is 26.7 Å². The Hall–Kier alpha value is -3.32. The molecular formula is C23H21FN4OS. The van der Waals surface area contributed by atoms with E-state index in [0.717, 1.165) is 38.6 Å². The van der Waals surface area contributed by atoms with E-state index in [1.54, 1.807) is 23.9 Å². The first-order chi connectivity index (χ1) is 14.4. The van der Waals surface area contributed by atoms with Crippen LogP contribution < -0.4 is 10.6 Å². The van der Waals surface area contributed by atoms with Crippen molar-refractivity contribution in [1.82, 2.24) is 9.97 Å². The molecule has 0 aliphatic rings. The van der Waals surface area contributed by atoms with E-state index in [4.69, 9.17) is 0 Å². The monoisotopic (exact) mass is 420 g/mol. The molecule has 0 atom stereocenters. The lowest BCUT2D eigenvalue weighted by molar-refractivity contribution is 0.262. The normalized spacial score (nSPS) is 10.9. The van der Waals surface area contributed by atoms with E-state index < -0.39 is 0 Å². The molecule has 0 aliphatic heterocycles. The highest BCUT2D eigenvalue weighted by Gasteiger charge is 2.08. The number of nitrogens with zero attached hydrogens (tertiary/aromatic N) is 1. The molecule has 1 heterocycles. The highest BCUT2D eigenvalue weighted by Crippen LogP contribution is 2.25. The predicted molar refractivity (Wildman–Crippen MR) is 121 cm³/mol. The first kappa shape index (κ1) is 20.0. The van der Waals surface area contributed by atoms with E-state index in [-0.39, 0.29) is 11.8 Å². The topological polar surface area (TPSA) is 69.8 Å². The fourth-order valence-electron chi connectivity index (χ4n) is 3.20. The molecule has 30 heavy (non-hydrogen) atoms. The van der Waals surface area contributed by atoms with Crippen molar-refractivity contribution in [3.63, 3.8) is 0 Å². The van der Waals surface area contributed by atoms with Gasteiger partial charge < -0.3 is 15.6 Å². The molecule has 4 aromatic rings. The number of aromatic amines is 1. The molecule has 0 aliphatic carbocycles. The molecule has 7 heteroatoms. The fourth-order valence-corrected chi connectivity index (χ4v) is 4.04. The molecule has 0 bridgehead atoms. The van der Waals surface area contributed by atoms with Crippen molar-refractivity contribution in [3.8, 4) is 0 Å². The van der Waals surface area contributed by atoms with Crippen LogP contribution in [0.25, 0.3) is 11.0 Å². The molecule has 2 amide bonds. The van der Waals surface area contributed by atoms with Crippen LogP contribution in [-0.4, -0.2) is 16.0 Å². The second kappa shape index (κ2) is 8.59. The van der Waals surface area contributed by atoms with Gasteiger partial charge in [0.05, 0.1) is 11.0 Å². The number of thioether (sulfide) groups is 1. The molecule has 4 rings (SSSR count). The van der Waals surface area contributed by atoms with Gasteiger partial charge in [0.1, 0.15) is 5.82 Å². The highest BCUT2D eigenvalue weighted by atomic mass is 32.2. The summed E-state index contributed by atoms with van der Waals surface area (Å²) in [5.74, 6) is 0.442. The van der Waals surface area contributed by atoms with Gasteiger partial charge in [-0.15, -0.1) is 0 Å². The molecule has 0 radical (unpaired) electrons. The second-order valence-corrected chi connectivity index (χ2v) is 8.11. The van der Waals surface area contributed by atoms with E-state index in [0.29, 0.717) is 11.4 Å². The third-order valence-corrected chi connectivity index (χ3v) is 5.43.